The Labute approximate surface area is 119 Å². The van der Waals surface area contributed by atoms with Gasteiger partial charge in [-0.25, -0.2) is 8.78 Å². The lowest BCUT2D eigenvalue weighted by molar-refractivity contribution is 0.512. The summed E-state index contributed by atoms with van der Waals surface area (Å²) < 4.78 is 26.8. The molecule has 0 aliphatic heterocycles. The number of anilines is 3. The lowest BCUT2D eigenvalue weighted by atomic mass is 10.2. The van der Waals surface area contributed by atoms with E-state index in [1.807, 2.05) is 0 Å². The molecule has 0 aliphatic rings. The van der Waals surface area contributed by atoms with E-state index in [1.165, 1.54) is 12.1 Å². The van der Waals surface area contributed by atoms with Gasteiger partial charge in [-0.3, -0.25) is 0 Å². The highest BCUT2D eigenvalue weighted by Crippen LogP contribution is 2.34. The van der Waals surface area contributed by atoms with E-state index < -0.39 is 11.6 Å². The van der Waals surface area contributed by atoms with Crippen LogP contribution in [0, 0.1) is 18.6 Å². The molecule has 0 bridgehead atoms. The van der Waals surface area contributed by atoms with Gasteiger partial charge < -0.3 is 11.1 Å². The van der Waals surface area contributed by atoms with E-state index in [2.05, 4.69) is 5.32 Å². The van der Waals surface area contributed by atoms with E-state index in [9.17, 15) is 8.78 Å². The van der Waals surface area contributed by atoms with Crippen LogP contribution in [0.2, 0.25) is 10.0 Å². The van der Waals surface area contributed by atoms with Crippen LogP contribution in [0.25, 0.3) is 0 Å². The van der Waals surface area contributed by atoms with Crippen molar-refractivity contribution in [2.24, 2.45) is 0 Å². The van der Waals surface area contributed by atoms with Crippen LogP contribution in [0.1, 0.15) is 5.56 Å². The molecule has 0 amide bonds. The molecular weight excluding hydrogens is 293 g/mol. The Kier molecular flexibility index (Phi) is 3.83. The first-order valence-electron chi connectivity index (χ1n) is 5.36. The van der Waals surface area contributed by atoms with Gasteiger partial charge in [0.05, 0.1) is 16.4 Å². The lowest BCUT2D eigenvalue weighted by Gasteiger charge is -2.13. The van der Waals surface area contributed by atoms with Crippen molar-refractivity contribution in [1.82, 2.24) is 0 Å². The van der Waals surface area contributed by atoms with Gasteiger partial charge in [-0.15, -0.1) is 0 Å². The van der Waals surface area contributed by atoms with Gasteiger partial charge in [-0.1, -0.05) is 23.2 Å². The molecule has 19 heavy (non-hydrogen) atoms. The van der Waals surface area contributed by atoms with Crippen LogP contribution in [0.5, 0.6) is 0 Å². The molecule has 0 aromatic heterocycles. The maximum Gasteiger partial charge on any atom is 0.184 e. The van der Waals surface area contributed by atoms with Crippen LogP contribution in [0.3, 0.4) is 0 Å². The minimum atomic E-state index is -1.06. The molecule has 0 fully saturated rings. The molecular formula is C13H10Cl2F2N2. The van der Waals surface area contributed by atoms with Gasteiger partial charge in [-0.05, 0) is 36.8 Å². The number of hydrogen-bond donors (Lipinski definition) is 2. The summed E-state index contributed by atoms with van der Waals surface area (Å²) in [5.41, 5.74) is 6.66. The smallest absolute Gasteiger partial charge is 0.184 e. The normalized spacial score (nSPS) is 10.6. The molecule has 2 nitrogen and oxygen atoms in total. The van der Waals surface area contributed by atoms with Crippen LogP contribution in [0.4, 0.5) is 25.8 Å². The molecule has 0 saturated carbocycles. The molecule has 6 heteroatoms. The molecule has 0 atom stereocenters. The number of halogens is 4. The SMILES string of the molecule is Cc1cc(Cl)c(Nc2c(N)ccc(F)c2F)cc1Cl. The Morgan fingerprint density at radius 2 is 1.79 bits per heavy atom. The molecule has 2 aromatic rings. The standard InChI is InChI=1S/C13H10Cl2F2N2/c1-6-4-8(15)11(5-7(6)14)19-13-10(18)3-2-9(16)12(13)17/h2-5,19H,18H2,1H3. The lowest BCUT2D eigenvalue weighted by Crippen LogP contribution is -2.02. The summed E-state index contributed by atoms with van der Waals surface area (Å²) >= 11 is 12.0. The number of nitrogens with one attached hydrogen (secondary N) is 1. The number of nitrogens with two attached hydrogens (primary N) is 1. The van der Waals surface area contributed by atoms with Gasteiger partial charge in [0.2, 0.25) is 0 Å². The predicted octanol–water partition coefficient (Wildman–Crippen LogP) is 4.91. The summed E-state index contributed by atoms with van der Waals surface area (Å²) in [6, 6.07) is 5.38. The minimum absolute atomic E-state index is 0.0756. The predicted molar refractivity (Wildman–Crippen MR) is 75.3 cm³/mol. The van der Waals surface area contributed by atoms with Crippen LogP contribution < -0.4 is 11.1 Å². The number of benzene rings is 2. The van der Waals surface area contributed by atoms with Crippen molar-refractivity contribution in [3.8, 4) is 0 Å². The van der Waals surface area contributed by atoms with E-state index in [0.29, 0.717) is 15.7 Å². The second-order valence-electron chi connectivity index (χ2n) is 4.03. The Morgan fingerprint density at radius 3 is 2.47 bits per heavy atom. The molecule has 3 N–H and O–H groups in total. The number of aryl methyl sites for hydroxylation is 1. The van der Waals surface area contributed by atoms with Crippen LogP contribution in [-0.2, 0) is 0 Å². The Bertz CT molecular complexity index is 645. The van der Waals surface area contributed by atoms with Crippen molar-refractivity contribution in [3.63, 3.8) is 0 Å². The monoisotopic (exact) mass is 302 g/mol. The van der Waals surface area contributed by atoms with Gasteiger partial charge in [0.25, 0.3) is 0 Å². The van der Waals surface area contributed by atoms with Gasteiger partial charge in [0.15, 0.2) is 11.6 Å². The minimum Gasteiger partial charge on any atom is -0.397 e. The Morgan fingerprint density at radius 1 is 1.11 bits per heavy atom. The fourth-order valence-corrected chi connectivity index (χ4v) is 2.00. The first kappa shape index (κ1) is 13.9. The summed E-state index contributed by atoms with van der Waals surface area (Å²) in [4.78, 5) is 0. The third-order valence-electron chi connectivity index (χ3n) is 2.64. The van der Waals surface area contributed by atoms with Crippen molar-refractivity contribution < 1.29 is 8.78 Å². The van der Waals surface area contributed by atoms with Crippen molar-refractivity contribution in [2.45, 2.75) is 6.92 Å². The molecule has 0 radical (unpaired) electrons. The Balaban J connectivity index is 2.48. The van der Waals surface area contributed by atoms with Crippen molar-refractivity contribution in [3.05, 3.63) is 51.5 Å². The fourth-order valence-electron chi connectivity index (χ4n) is 1.57. The van der Waals surface area contributed by atoms with E-state index in [-0.39, 0.29) is 11.4 Å². The van der Waals surface area contributed by atoms with Crippen LogP contribution in [0.15, 0.2) is 24.3 Å². The van der Waals surface area contributed by atoms with E-state index >= 15 is 0 Å². The molecule has 0 saturated heterocycles. The van der Waals surface area contributed by atoms with E-state index in [4.69, 9.17) is 28.9 Å². The summed E-state index contributed by atoms with van der Waals surface area (Å²) in [6.07, 6.45) is 0. The second-order valence-corrected chi connectivity index (χ2v) is 4.85. The summed E-state index contributed by atoms with van der Waals surface area (Å²) in [5, 5.41) is 3.46. The quantitative estimate of drug-likeness (QED) is 0.774. The second kappa shape index (κ2) is 5.23. The number of nitrogen functional groups attached to an aromatic ring is 1. The highest BCUT2D eigenvalue weighted by molar-refractivity contribution is 6.35. The molecule has 0 aliphatic carbocycles. The van der Waals surface area contributed by atoms with Gasteiger partial charge in [-0.2, -0.15) is 0 Å². The van der Waals surface area contributed by atoms with Gasteiger partial charge in [0, 0.05) is 5.02 Å². The first-order chi connectivity index (χ1) is 8.90. The molecule has 100 valence electrons. The van der Waals surface area contributed by atoms with Crippen LogP contribution in [-0.4, -0.2) is 0 Å². The average Bonchev–Trinajstić information content (AvgIpc) is 2.36. The van der Waals surface area contributed by atoms with Gasteiger partial charge >= 0.3 is 0 Å². The van der Waals surface area contributed by atoms with Crippen molar-refractivity contribution in [1.29, 1.82) is 0 Å². The summed E-state index contributed by atoms with van der Waals surface area (Å²) in [5.74, 6) is -2.06. The zero-order valence-corrected chi connectivity index (χ0v) is 11.4. The first-order valence-corrected chi connectivity index (χ1v) is 6.12. The topological polar surface area (TPSA) is 38.0 Å². The number of rotatable bonds is 2. The van der Waals surface area contributed by atoms with Crippen molar-refractivity contribution >= 4 is 40.3 Å². The van der Waals surface area contributed by atoms with Crippen molar-refractivity contribution in [2.75, 3.05) is 11.1 Å². The molecule has 0 unspecified atom stereocenters. The highest BCUT2D eigenvalue weighted by atomic mass is 35.5. The van der Waals surface area contributed by atoms with Crippen LogP contribution >= 0.6 is 23.2 Å². The molecule has 2 aromatic carbocycles. The summed E-state index contributed by atoms with van der Waals surface area (Å²) in [6.45, 7) is 1.79. The third-order valence-corrected chi connectivity index (χ3v) is 3.35. The van der Waals surface area contributed by atoms with E-state index in [1.54, 1.807) is 13.0 Å². The third kappa shape index (κ3) is 2.74. The zero-order valence-electron chi connectivity index (χ0n) is 9.90. The zero-order chi connectivity index (χ0) is 14.2. The molecule has 0 spiro atoms. The van der Waals surface area contributed by atoms with Gasteiger partial charge in [0.1, 0.15) is 5.69 Å². The molecule has 2 rings (SSSR count). The maximum atomic E-state index is 13.7. The number of hydrogen-bond acceptors (Lipinski definition) is 2. The largest absolute Gasteiger partial charge is 0.397 e. The maximum absolute atomic E-state index is 13.7. The average molecular weight is 303 g/mol. The highest BCUT2D eigenvalue weighted by Gasteiger charge is 2.14. The van der Waals surface area contributed by atoms with E-state index in [0.717, 1.165) is 11.6 Å². The fraction of sp³-hybridized carbons (Fsp3) is 0.0769. The Hall–Kier alpha value is -1.52. The molecule has 0 heterocycles. The summed E-state index contributed by atoms with van der Waals surface area (Å²) in [7, 11) is 0.